The second-order valence-corrected chi connectivity index (χ2v) is 4.91. The highest BCUT2D eigenvalue weighted by Crippen LogP contribution is 2.33. The molecule has 0 spiro atoms. The number of aromatic nitrogens is 3. The third-order valence-electron chi connectivity index (χ3n) is 3.36. The zero-order valence-electron chi connectivity index (χ0n) is 12.0. The third-order valence-corrected chi connectivity index (χ3v) is 3.36. The Morgan fingerprint density at radius 3 is 2.46 bits per heavy atom. The lowest BCUT2D eigenvalue weighted by Gasteiger charge is -2.11. The zero-order chi connectivity index (χ0) is 17.3. The lowest BCUT2D eigenvalue weighted by atomic mass is 10.1. The van der Waals surface area contributed by atoms with Crippen LogP contribution in [0.25, 0.3) is 22.8 Å². The van der Waals surface area contributed by atoms with Gasteiger partial charge in [-0.05, 0) is 29.8 Å². The third kappa shape index (κ3) is 2.85. The highest BCUT2D eigenvalue weighted by molar-refractivity contribution is 6.15. The van der Waals surface area contributed by atoms with Crippen molar-refractivity contribution in [2.45, 2.75) is 6.18 Å². The summed E-state index contributed by atoms with van der Waals surface area (Å²) in [6, 6.07) is 11.3. The minimum absolute atomic E-state index is 0.262. The summed E-state index contributed by atoms with van der Waals surface area (Å²) in [4.78, 5) is 11.6. The quantitative estimate of drug-likeness (QED) is 0.745. The fraction of sp³-hybridized carbons (Fsp3) is 0.0625. The minimum atomic E-state index is -4.60. The summed E-state index contributed by atoms with van der Waals surface area (Å²) in [5, 5.41) is 17.0. The molecule has 3 rings (SSSR count). The number of aliphatic carboxylic acids is 1. The van der Waals surface area contributed by atoms with Crippen molar-refractivity contribution in [3.8, 4) is 0 Å². The van der Waals surface area contributed by atoms with Gasteiger partial charge in [-0.25, -0.2) is 9.48 Å². The number of carboxylic acids is 1. The first-order valence-corrected chi connectivity index (χ1v) is 6.80. The molecule has 0 aliphatic rings. The summed E-state index contributed by atoms with van der Waals surface area (Å²) in [6.07, 6.45) is -3.66. The molecule has 0 fully saturated rings. The van der Waals surface area contributed by atoms with Crippen LogP contribution in [0.2, 0.25) is 0 Å². The Hall–Kier alpha value is -3.16. The van der Waals surface area contributed by atoms with Crippen LogP contribution >= 0.6 is 0 Å². The molecule has 5 nitrogen and oxygen atoms in total. The number of benzene rings is 2. The van der Waals surface area contributed by atoms with E-state index in [2.05, 4.69) is 10.3 Å². The SMILES string of the molecule is O=C(O)/C(=C\c1ccccc1C(F)(F)F)n1nnc2ccccc21. The van der Waals surface area contributed by atoms with Crippen LogP contribution in [0.4, 0.5) is 13.2 Å². The Morgan fingerprint density at radius 1 is 1.08 bits per heavy atom. The number of alkyl halides is 3. The van der Waals surface area contributed by atoms with Crippen molar-refractivity contribution in [2.24, 2.45) is 0 Å². The molecule has 2 aromatic carbocycles. The second-order valence-electron chi connectivity index (χ2n) is 4.91. The largest absolute Gasteiger partial charge is 0.477 e. The number of rotatable bonds is 3. The standard InChI is InChI=1S/C16H10F3N3O2/c17-16(18,19)11-6-2-1-5-10(11)9-14(15(23)24)22-13-8-4-3-7-12(13)20-21-22/h1-9H,(H,23,24)/b14-9+. The van der Waals surface area contributed by atoms with Crippen LogP contribution in [-0.2, 0) is 11.0 Å². The smallest absolute Gasteiger partial charge is 0.416 e. The van der Waals surface area contributed by atoms with Crippen LogP contribution in [-0.4, -0.2) is 26.1 Å². The summed E-state index contributed by atoms with van der Waals surface area (Å²) in [6.45, 7) is 0. The Balaban J connectivity index is 2.21. The molecular formula is C16H10F3N3O2. The van der Waals surface area contributed by atoms with Crippen molar-refractivity contribution >= 4 is 28.8 Å². The van der Waals surface area contributed by atoms with Gasteiger partial charge in [0.1, 0.15) is 5.52 Å². The van der Waals surface area contributed by atoms with Gasteiger partial charge < -0.3 is 5.11 Å². The van der Waals surface area contributed by atoms with Gasteiger partial charge in [0.25, 0.3) is 0 Å². The van der Waals surface area contributed by atoms with E-state index in [1.165, 1.54) is 18.2 Å². The molecule has 1 N–H and O–H groups in total. The van der Waals surface area contributed by atoms with Gasteiger partial charge in [-0.3, -0.25) is 0 Å². The molecule has 1 heterocycles. The number of carboxylic acid groups (broad SMARTS) is 1. The molecular weight excluding hydrogens is 323 g/mol. The van der Waals surface area contributed by atoms with E-state index in [0.717, 1.165) is 16.8 Å². The average Bonchev–Trinajstić information content (AvgIpc) is 2.95. The van der Waals surface area contributed by atoms with Crippen molar-refractivity contribution in [1.82, 2.24) is 15.0 Å². The fourth-order valence-electron chi connectivity index (χ4n) is 2.29. The Labute approximate surface area is 133 Å². The van der Waals surface area contributed by atoms with Crippen molar-refractivity contribution in [3.63, 3.8) is 0 Å². The molecule has 0 aliphatic carbocycles. The molecule has 1 aromatic heterocycles. The lowest BCUT2D eigenvalue weighted by Crippen LogP contribution is -2.11. The molecule has 0 saturated heterocycles. The van der Waals surface area contributed by atoms with Crippen LogP contribution in [0.1, 0.15) is 11.1 Å². The van der Waals surface area contributed by atoms with Gasteiger partial charge in [0.2, 0.25) is 0 Å². The predicted octanol–water partition coefficient (Wildman–Crippen LogP) is 3.53. The van der Waals surface area contributed by atoms with Gasteiger partial charge in [-0.2, -0.15) is 13.2 Å². The van der Waals surface area contributed by atoms with E-state index in [1.54, 1.807) is 24.3 Å². The molecule has 8 heteroatoms. The minimum Gasteiger partial charge on any atom is -0.477 e. The van der Waals surface area contributed by atoms with Gasteiger partial charge in [-0.1, -0.05) is 35.5 Å². The number of nitrogens with zero attached hydrogens (tertiary/aromatic N) is 3. The zero-order valence-corrected chi connectivity index (χ0v) is 12.0. The first-order valence-electron chi connectivity index (χ1n) is 6.80. The lowest BCUT2D eigenvalue weighted by molar-refractivity contribution is -0.137. The average molecular weight is 333 g/mol. The molecule has 0 aliphatic heterocycles. The number of hydrogen-bond donors (Lipinski definition) is 1. The Kier molecular flexibility index (Phi) is 3.80. The normalized spacial score (nSPS) is 12.5. The maximum atomic E-state index is 13.1. The van der Waals surface area contributed by atoms with Gasteiger partial charge in [-0.15, -0.1) is 5.10 Å². The van der Waals surface area contributed by atoms with E-state index < -0.39 is 23.4 Å². The topological polar surface area (TPSA) is 68.0 Å². The van der Waals surface area contributed by atoms with Crippen LogP contribution in [0, 0.1) is 0 Å². The summed E-state index contributed by atoms with van der Waals surface area (Å²) in [7, 11) is 0. The van der Waals surface area contributed by atoms with E-state index in [-0.39, 0.29) is 5.56 Å². The van der Waals surface area contributed by atoms with Gasteiger partial charge in [0, 0.05) is 0 Å². The molecule has 0 radical (unpaired) electrons. The number of carbonyl (C=O) groups is 1. The first-order chi connectivity index (χ1) is 11.4. The van der Waals surface area contributed by atoms with Gasteiger partial charge in [0.05, 0.1) is 11.1 Å². The highest BCUT2D eigenvalue weighted by Gasteiger charge is 2.33. The van der Waals surface area contributed by atoms with Crippen LogP contribution < -0.4 is 0 Å². The second kappa shape index (κ2) is 5.80. The summed E-state index contributed by atoms with van der Waals surface area (Å²) >= 11 is 0. The number of halogens is 3. The maximum Gasteiger partial charge on any atom is 0.416 e. The van der Waals surface area contributed by atoms with Crippen molar-refractivity contribution in [2.75, 3.05) is 0 Å². The van der Waals surface area contributed by atoms with E-state index in [9.17, 15) is 23.1 Å². The first kappa shape index (κ1) is 15.7. The monoisotopic (exact) mass is 333 g/mol. The molecule has 24 heavy (non-hydrogen) atoms. The predicted molar refractivity (Wildman–Crippen MR) is 80.8 cm³/mol. The number of hydrogen-bond acceptors (Lipinski definition) is 3. The van der Waals surface area contributed by atoms with Crippen molar-refractivity contribution < 1.29 is 23.1 Å². The Morgan fingerprint density at radius 2 is 1.75 bits per heavy atom. The van der Waals surface area contributed by atoms with Crippen molar-refractivity contribution in [3.05, 3.63) is 59.7 Å². The molecule has 0 saturated carbocycles. The molecule has 0 unspecified atom stereocenters. The molecule has 0 amide bonds. The van der Waals surface area contributed by atoms with Crippen molar-refractivity contribution in [1.29, 1.82) is 0 Å². The maximum absolute atomic E-state index is 13.1. The van der Waals surface area contributed by atoms with E-state index in [1.807, 2.05) is 0 Å². The van der Waals surface area contributed by atoms with Gasteiger partial charge >= 0.3 is 12.1 Å². The molecule has 0 atom stereocenters. The molecule has 122 valence electrons. The number of fused-ring (bicyclic) bond motifs is 1. The molecule has 3 aromatic rings. The summed E-state index contributed by atoms with van der Waals surface area (Å²) in [5.41, 5.74) is -0.792. The van der Waals surface area contributed by atoms with E-state index in [4.69, 9.17) is 0 Å². The van der Waals surface area contributed by atoms with E-state index in [0.29, 0.717) is 11.0 Å². The van der Waals surface area contributed by atoms with Crippen LogP contribution in [0.5, 0.6) is 0 Å². The van der Waals surface area contributed by atoms with Crippen LogP contribution in [0.15, 0.2) is 48.5 Å². The van der Waals surface area contributed by atoms with Crippen LogP contribution in [0.3, 0.4) is 0 Å². The molecule has 0 bridgehead atoms. The summed E-state index contributed by atoms with van der Waals surface area (Å²) in [5.74, 6) is -1.41. The fourth-order valence-corrected chi connectivity index (χ4v) is 2.29. The van der Waals surface area contributed by atoms with E-state index >= 15 is 0 Å². The Bertz CT molecular complexity index is 945. The summed E-state index contributed by atoms with van der Waals surface area (Å²) < 4.78 is 40.3. The number of para-hydroxylation sites is 1. The highest BCUT2D eigenvalue weighted by atomic mass is 19.4. The van der Waals surface area contributed by atoms with Gasteiger partial charge in [0.15, 0.2) is 5.70 Å².